The first-order valence-electron chi connectivity index (χ1n) is 6.73. The fourth-order valence-corrected chi connectivity index (χ4v) is 2.41. The molecule has 1 aliphatic rings. The molecule has 2 heterocycles. The van der Waals surface area contributed by atoms with Crippen LogP contribution in [0.2, 0.25) is 0 Å². The summed E-state index contributed by atoms with van der Waals surface area (Å²) in [5.41, 5.74) is -0.546. The van der Waals surface area contributed by atoms with Gasteiger partial charge in [0.25, 0.3) is 0 Å². The summed E-state index contributed by atoms with van der Waals surface area (Å²) >= 11 is 0. The Labute approximate surface area is 117 Å². The van der Waals surface area contributed by atoms with E-state index in [-0.39, 0.29) is 12.3 Å². The van der Waals surface area contributed by atoms with Crippen molar-refractivity contribution in [3.05, 3.63) is 11.7 Å². The smallest absolute Gasteiger partial charge is 0.303 e. The molecule has 0 saturated carbocycles. The molecule has 1 saturated heterocycles. The molecule has 0 spiro atoms. The molecular formula is C13H20N2O5. The van der Waals surface area contributed by atoms with Crippen LogP contribution in [-0.4, -0.2) is 41.5 Å². The number of ether oxygens (including phenoxy) is 2. The number of aliphatic carboxylic acids is 1. The van der Waals surface area contributed by atoms with E-state index in [0.29, 0.717) is 44.2 Å². The van der Waals surface area contributed by atoms with Gasteiger partial charge in [-0.2, -0.15) is 4.98 Å². The molecule has 0 bridgehead atoms. The van der Waals surface area contributed by atoms with E-state index in [9.17, 15) is 4.79 Å². The summed E-state index contributed by atoms with van der Waals surface area (Å²) in [7, 11) is 1.63. The minimum absolute atomic E-state index is 0.0472. The van der Waals surface area contributed by atoms with Crippen LogP contribution in [0.5, 0.6) is 0 Å². The lowest BCUT2D eigenvalue weighted by molar-refractivity contribution is -0.137. The Bertz CT molecular complexity index is 453. The molecule has 0 amide bonds. The average molecular weight is 284 g/mol. The molecule has 1 fully saturated rings. The molecule has 0 aromatic carbocycles. The van der Waals surface area contributed by atoms with Crippen molar-refractivity contribution < 1.29 is 23.9 Å². The van der Waals surface area contributed by atoms with E-state index in [1.807, 2.05) is 6.92 Å². The van der Waals surface area contributed by atoms with Gasteiger partial charge in [0.05, 0.1) is 0 Å². The summed E-state index contributed by atoms with van der Waals surface area (Å²) in [5, 5.41) is 12.8. The van der Waals surface area contributed by atoms with Gasteiger partial charge >= 0.3 is 5.97 Å². The Kier molecular flexibility index (Phi) is 4.72. The molecule has 0 radical (unpaired) electrons. The Morgan fingerprint density at radius 3 is 2.80 bits per heavy atom. The highest BCUT2D eigenvalue weighted by Gasteiger charge is 2.39. The zero-order chi connectivity index (χ0) is 14.6. The van der Waals surface area contributed by atoms with Crippen molar-refractivity contribution in [3.63, 3.8) is 0 Å². The van der Waals surface area contributed by atoms with Gasteiger partial charge in [0.15, 0.2) is 0 Å². The maximum absolute atomic E-state index is 10.6. The van der Waals surface area contributed by atoms with E-state index in [0.717, 1.165) is 0 Å². The molecule has 7 nitrogen and oxygen atoms in total. The highest BCUT2D eigenvalue weighted by molar-refractivity contribution is 5.66. The predicted octanol–water partition coefficient (Wildman–Crippen LogP) is 1.38. The second kappa shape index (κ2) is 6.32. The molecule has 1 aromatic rings. The minimum Gasteiger partial charge on any atom is -0.481 e. The maximum atomic E-state index is 10.6. The lowest BCUT2D eigenvalue weighted by atomic mass is 9.93. The third-order valence-electron chi connectivity index (χ3n) is 3.61. The molecule has 1 aromatic heterocycles. The van der Waals surface area contributed by atoms with Crippen LogP contribution in [-0.2, 0) is 26.3 Å². The van der Waals surface area contributed by atoms with Gasteiger partial charge in [-0.15, -0.1) is 0 Å². The van der Waals surface area contributed by atoms with Crippen LogP contribution in [0, 0.1) is 5.92 Å². The standard InChI is InChI=1S/C13H20N2O5/c1-9(8-11(16)17)7-10-14-12(15-20-10)13(18-2)3-5-19-6-4-13/h9H,3-8H2,1-2H3,(H,16,17). The van der Waals surface area contributed by atoms with Crippen molar-refractivity contribution in [2.45, 2.75) is 38.2 Å². The van der Waals surface area contributed by atoms with Gasteiger partial charge in [-0.3, -0.25) is 4.79 Å². The molecule has 1 aliphatic heterocycles. The fourth-order valence-electron chi connectivity index (χ4n) is 2.41. The molecule has 1 N–H and O–H groups in total. The van der Waals surface area contributed by atoms with Crippen molar-refractivity contribution in [1.29, 1.82) is 0 Å². The molecule has 1 unspecified atom stereocenters. The molecule has 7 heteroatoms. The minimum atomic E-state index is -0.824. The number of methoxy groups -OCH3 is 1. The van der Waals surface area contributed by atoms with Crippen LogP contribution in [0.25, 0.3) is 0 Å². The number of carbonyl (C=O) groups is 1. The van der Waals surface area contributed by atoms with Gasteiger partial charge in [-0.05, 0) is 5.92 Å². The summed E-state index contributed by atoms with van der Waals surface area (Å²) in [5.74, 6) is 0.113. The van der Waals surface area contributed by atoms with Gasteiger partial charge in [0, 0.05) is 46.0 Å². The van der Waals surface area contributed by atoms with E-state index in [4.69, 9.17) is 19.1 Å². The second-order valence-corrected chi connectivity index (χ2v) is 5.23. The number of carboxylic acid groups (broad SMARTS) is 1. The SMILES string of the molecule is COC1(c2noc(CC(C)CC(=O)O)n2)CCOCC1. The van der Waals surface area contributed by atoms with Crippen LogP contribution in [0.4, 0.5) is 0 Å². The van der Waals surface area contributed by atoms with E-state index in [1.54, 1.807) is 7.11 Å². The largest absolute Gasteiger partial charge is 0.481 e. The van der Waals surface area contributed by atoms with Gasteiger partial charge in [-0.25, -0.2) is 0 Å². The third-order valence-corrected chi connectivity index (χ3v) is 3.61. The molecule has 0 aliphatic carbocycles. The number of rotatable bonds is 6. The predicted molar refractivity (Wildman–Crippen MR) is 68.2 cm³/mol. The topological polar surface area (TPSA) is 94.7 Å². The monoisotopic (exact) mass is 284 g/mol. The Morgan fingerprint density at radius 1 is 1.50 bits per heavy atom. The normalized spacial score (nSPS) is 19.7. The molecule has 2 rings (SSSR count). The number of hydrogen-bond donors (Lipinski definition) is 1. The lowest BCUT2D eigenvalue weighted by Gasteiger charge is -2.32. The summed E-state index contributed by atoms with van der Waals surface area (Å²) in [4.78, 5) is 15.0. The summed E-state index contributed by atoms with van der Waals surface area (Å²) in [6, 6.07) is 0. The van der Waals surface area contributed by atoms with E-state index in [2.05, 4.69) is 10.1 Å². The first-order valence-corrected chi connectivity index (χ1v) is 6.73. The van der Waals surface area contributed by atoms with Crippen molar-refractivity contribution in [3.8, 4) is 0 Å². The molecule has 20 heavy (non-hydrogen) atoms. The van der Waals surface area contributed by atoms with Gasteiger partial charge in [-0.1, -0.05) is 12.1 Å². The maximum Gasteiger partial charge on any atom is 0.303 e. The highest BCUT2D eigenvalue weighted by Crippen LogP contribution is 2.33. The van der Waals surface area contributed by atoms with Crippen LogP contribution >= 0.6 is 0 Å². The van der Waals surface area contributed by atoms with Gasteiger partial charge < -0.3 is 19.1 Å². The lowest BCUT2D eigenvalue weighted by Crippen LogP contribution is -2.36. The quantitative estimate of drug-likeness (QED) is 0.843. The number of aromatic nitrogens is 2. The third kappa shape index (κ3) is 3.34. The highest BCUT2D eigenvalue weighted by atomic mass is 16.5. The second-order valence-electron chi connectivity index (χ2n) is 5.23. The molecule has 112 valence electrons. The van der Waals surface area contributed by atoms with Crippen molar-refractivity contribution in [2.24, 2.45) is 5.92 Å². The first kappa shape index (κ1) is 14.9. The van der Waals surface area contributed by atoms with Crippen LogP contribution in [0.15, 0.2) is 4.52 Å². The number of hydrogen-bond acceptors (Lipinski definition) is 6. The van der Waals surface area contributed by atoms with E-state index in [1.165, 1.54) is 0 Å². The Hall–Kier alpha value is -1.47. The summed E-state index contributed by atoms with van der Waals surface area (Å²) in [6.07, 6.45) is 1.91. The van der Waals surface area contributed by atoms with Crippen LogP contribution in [0.3, 0.4) is 0 Å². The summed E-state index contributed by atoms with van der Waals surface area (Å²) in [6.45, 7) is 3.05. The van der Waals surface area contributed by atoms with Crippen molar-refractivity contribution in [1.82, 2.24) is 10.1 Å². The Morgan fingerprint density at radius 2 is 2.20 bits per heavy atom. The fraction of sp³-hybridized carbons (Fsp3) is 0.769. The van der Waals surface area contributed by atoms with Gasteiger partial charge in [0.2, 0.25) is 11.7 Å². The van der Waals surface area contributed by atoms with Crippen LogP contribution in [0.1, 0.15) is 37.9 Å². The van der Waals surface area contributed by atoms with E-state index < -0.39 is 11.6 Å². The first-order chi connectivity index (χ1) is 9.55. The summed E-state index contributed by atoms with van der Waals surface area (Å²) < 4.78 is 16.1. The molecule has 1 atom stereocenters. The van der Waals surface area contributed by atoms with Crippen molar-refractivity contribution in [2.75, 3.05) is 20.3 Å². The molecular weight excluding hydrogens is 264 g/mol. The van der Waals surface area contributed by atoms with E-state index >= 15 is 0 Å². The van der Waals surface area contributed by atoms with Crippen LogP contribution < -0.4 is 0 Å². The number of carboxylic acids is 1. The zero-order valence-corrected chi connectivity index (χ0v) is 11.8. The van der Waals surface area contributed by atoms with Crippen molar-refractivity contribution >= 4 is 5.97 Å². The van der Waals surface area contributed by atoms with Gasteiger partial charge in [0.1, 0.15) is 5.60 Å². The number of nitrogens with zero attached hydrogens (tertiary/aromatic N) is 2. The Balaban J connectivity index is 2.05. The average Bonchev–Trinajstić information content (AvgIpc) is 2.87. The zero-order valence-electron chi connectivity index (χ0n) is 11.8.